The van der Waals surface area contributed by atoms with Crippen molar-refractivity contribution in [2.24, 2.45) is 0 Å². The number of thiazole rings is 1. The Kier molecular flexibility index (Phi) is 2.65. The number of carbonyl (C=O) groups is 2. The van der Waals surface area contributed by atoms with Crippen LogP contribution in [-0.2, 0) is 9.53 Å². The minimum absolute atomic E-state index is 0.0566. The second kappa shape index (κ2) is 3.95. The van der Waals surface area contributed by atoms with E-state index in [-0.39, 0.29) is 18.5 Å². The largest absolute Gasteiger partial charge is 0.465 e. The van der Waals surface area contributed by atoms with E-state index in [1.807, 2.05) is 0 Å². The lowest BCUT2D eigenvalue weighted by Gasteiger charge is -2.02. The van der Waals surface area contributed by atoms with E-state index >= 15 is 0 Å². The van der Waals surface area contributed by atoms with E-state index in [0.29, 0.717) is 11.6 Å². The third-order valence-electron chi connectivity index (χ3n) is 1.91. The van der Waals surface area contributed by atoms with E-state index in [9.17, 15) is 9.59 Å². The van der Waals surface area contributed by atoms with Gasteiger partial charge in [0.2, 0.25) is 0 Å². The highest BCUT2D eigenvalue weighted by atomic mass is 32.1. The average Bonchev–Trinajstić information content (AvgIpc) is 2.72. The summed E-state index contributed by atoms with van der Waals surface area (Å²) in [6.07, 6.45) is 0.451. The first-order valence-corrected chi connectivity index (χ1v) is 5.06. The van der Waals surface area contributed by atoms with Crippen LogP contribution in [0.4, 0.5) is 9.93 Å². The molecule has 7 heteroatoms. The molecule has 1 fully saturated rings. The fourth-order valence-electron chi connectivity index (χ4n) is 1.29. The fourth-order valence-corrected chi connectivity index (χ4v) is 2.14. The highest BCUT2D eigenvalue weighted by Gasteiger charge is 2.26. The molecule has 0 spiro atoms. The zero-order valence-electron chi connectivity index (χ0n) is 7.60. The predicted molar refractivity (Wildman–Crippen MR) is 52.1 cm³/mol. The minimum Gasteiger partial charge on any atom is -0.465 e. The van der Waals surface area contributed by atoms with E-state index < -0.39 is 6.09 Å². The summed E-state index contributed by atoms with van der Waals surface area (Å²) in [5.41, 5.74) is 0. The number of nitrogens with zero attached hydrogens (tertiary/aromatic N) is 1. The number of hydrogen-bond donors (Lipinski definition) is 2. The molecule has 2 rings (SSSR count). The van der Waals surface area contributed by atoms with E-state index in [4.69, 9.17) is 9.84 Å². The van der Waals surface area contributed by atoms with E-state index in [1.165, 1.54) is 17.5 Å². The smallest absolute Gasteiger partial charge is 0.410 e. The van der Waals surface area contributed by atoms with Crippen LogP contribution in [-0.4, -0.2) is 28.6 Å². The van der Waals surface area contributed by atoms with E-state index in [2.05, 4.69) is 10.3 Å². The van der Waals surface area contributed by atoms with Gasteiger partial charge in [-0.15, -0.1) is 0 Å². The Morgan fingerprint density at radius 3 is 3.13 bits per heavy atom. The van der Waals surface area contributed by atoms with Gasteiger partial charge < -0.3 is 9.84 Å². The number of carboxylic acid groups (broad SMARTS) is 1. The third-order valence-corrected chi connectivity index (χ3v) is 2.92. The number of hydrogen-bond acceptors (Lipinski definition) is 5. The Balaban J connectivity index is 2.06. The molecule has 15 heavy (non-hydrogen) atoms. The molecule has 1 aromatic rings. The predicted octanol–water partition coefficient (Wildman–Crippen LogP) is 1.26. The Morgan fingerprint density at radius 1 is 1.73 bits per heavy atom. The molecule has 1 aliphatic rings. The number of aromatic nitrogens is 1. The van der Waals surface area contributed by atoms with E-state index in [1.54, 1.807) is 0 Å². The van der Waals surface area contributed by atoms with Crippen LogP contribution in [0.15, 0.2) is 6.20 Å². The van der Waals surface area contributed by atoms with Gasteiger partial charge in [-0.1, -0.05) is 11.3 Å². The van der Waals surface area contributed by atoms with Crippen LogP contribution >= 0.6 is 11.3 Å². The maximum atomic E-state index is 11.0. The number of ether oxygens (including phenoxy) is 1. The number of amides is 1. The third kappa shape index (κ3) is 2.31. The Hall–Kier alpha value is -1.47. The number of ketones is 1. The van der Waals surface area contributed by atoms with Crippen molar-refractivity contribution in [3.05, 3.63) is 11.1 Å². The van der Waals surface area contributed by atoms with Crippen molar-refractivity contribution < 1.29 is 19.4 Å². The van der Waals surface area contributed by atoms with Gasteiger partial charge in [0.25, 0.3) is 0 Å². The number of nitrogens with one attached hydrogen (secondary N) is 1. The summed E-state index contributed by atoms with van der Waals surface area (Å²) >= 11 is 1.18. The molecule has 0 aliphatic carbocycles. The van der Waals surface area contributed by atoms with E-state index in [0.717, 1.165) is 4.88 Å². The molecule has 0 aromatic carbocycles. The Bertz CT molecular complexity index is 403. The molecular formula is C8H8N2O4S. The van der Waals surface area contributed by atoms with Gasteiger partial charge in [-0.05, 0) is 0 Å². The zero-order valence-corrected chi connectivity index (χ0v) is 8.41. The van der Waals surface area contributed by atoms with Crippen molar-refractivity contribution >= 4 is 28.3 Å². The van der Waals surface area contributed by atoms with Gasteiger partial charge in [-0.25, -0.2) is 9.78 Å². The van der Waals surface area contributed by atoms with Crippen molar-refractivity contribution in [1.82, 2.24) is 4.98 Å². The molecule has 1 atom stereocenters. The lowest BCUT2D eigenvalue weighted by Crippen LogP contribution is -2.06. The molecule has 80 valence electrons. The molecular weight excluding hydrogens is 220 g/mol. The van der Waals surface area contributed by atoms with Gasteiger partial charge in [0, 0.05) is 12.6 Å². The second-order valence-corrected chi connectivity index (χ2v) is 4.10. The zero-order chi connectivity index (χ0) is 10.8. The molecule has 1 unspecified atom stereocenters. The van der Waals surface area contributed by atoms with Crippen molar-refractivity contribution in [3.8, 4) is 0 Å². The SMILES string of the molecule is O=C1COC(c2cnc(NC(=O)O)s2)C1. The van der Waals surface area contributed by atoms with Gasteiger partial charge in [0.1, 0.15) is 12.7 Å². The number of rotatable bonds is 2. The van der Waals surface area contributed by atoms with Crippen LogP contribution in [0, 0.1) is 0 Å². The van der Waals surface area contributed by atoms with Crippen LogP contribution < -0.4 is 5.32 Å². The molecule has 0 saturated carbocycles. The second-order valence-electron chi connectivity index (χ2n) is 3.04. The first kappa shape index (κ1) is 10.1. The Morgan fingerprint density at radius 2 is 2.53 bits per heavy atom. The fraction of sp³-hybridized carbons (Fsp3) is 0.375. The lowest BCUT2D eigenvalue weighted by atomic mass is 10.2. The Labute approximate surface area is 88.9 Å². The quantitative estimate of drug-likeness (QED) is 0.795. The van der Waals surface area contributed by atoms with Crippen LogP contribution in [0.1, 0.15) is 17.4 Å². The molecule has 1 aromatic heterocycles. The summed E-state index contributed by atoms with van der Waals surface area (Å²) in [5, 5.41) is 10.9. The molecule has 1 amide bonds. The average molecular weight is 228 g/mol. The molecule has 6 nitrogen and oxygen atoms in total. The molecule has 1 saturated heterocycles. The molecule has 2 N–H and O–H groups in total. The minimum atomic E-state index is -1.15. The highest BCUT2D eigenvalue weighted by molar-refractivity contribution is 7.15. The van der Waals surface area contributed by atoms with Crippen LogP contribution in [0.2, 0.25) is 0 Å². The van der Waals surface area contributed by atoms with Gasteiger partial charge in [-0.3, -0.25) is 10.1 Å². The standard InChI is InChI=1S/C8H8N2O4S/c11-4-1-5(14-3-4)6-2-9-7(15-6)10-8(12)13/h2,5H,1,3H2,(H,9,10)(H,12,13). The van der Waals surface area contributed by atoms with Gasteiger partial charge in [0.15, 0.2) is 10.9 Å². The summed E-state index contributed by atoms with van der Waals surface area (Å²) in [7, 11) is 0. The number of anilines is 1. The molecule has 2 heterocycles. The summed E-state index contributed by atoms with van der Waals surface area (Å²) in [6.45, 7) is 0.129. The van der Waals surface area contributed by atoms with Crippen LogP contribution in [0.25, 0.3) is 0 Å². The normalized spacial score (nSPS) is 20.5. The lowest BCUT2D eigenvalue weighted by molar-refractivity contribution is -0.117. The summed E-state index contributed by atoms with van der Waals surface area (Å²) < 4.78 is 5.22. The van der Waals surface area contributed by atoms with Gasteiger partial charge in [-0.2, -0.15) is 0 Å². The number of carbonyl (C=O) groups excluding carboxylic acids is 1. The van der Waals surface area contributed by atoms with Crippen molar-refractivity contribution in [2.75, 3.05) is 11.9 Å². The summed E-state index contributed by atoms with van der Waals surface area (Å²) in [5.74, 6) is 0.0566. The topological polar surface area (TPSA) is 88.5 Å². The van der Waals surface area contributed by atoms with Crippen molar-refractivity contribution in [2.45, 2.75) is 12.5 Å². The molecule has 0 radical (unpaired) electrons. The van der Waals surface area contributed by atoms with Crippen molar-refractivity contribution in [1.29, 1.82) is 0 Å². The van der Waals surface area contributed by atoms with Crippen molar-refractivity contribution in [3.63, 3.8) is 0 Å². The first-order chi connectivity index (χ1) is 7.15. The van der Waals surface area contributed by atoms with Crippen LogP contribution in [0.3, 0.4) is 0 Å². The van der Waals surface area contributed by atoms with Gasteiger partial charge >= 0.3 is 6.09 Å². The van der Waals surface area contributed by atoms with Gasteiger partial charge in [0.05, 0.1) is 4.88 Å². The molecule has 0 bridgehead atoms. The highest BCUT2D eigenvalue weighted by Crippen LogP contribution is 2.32. The summed E-state index contributed by atoms with van der Waals surface area (Å²) in [6, 6.07) is 0. The monoisotopic (exact) mass is 228 g/mol. The molecule has 1 aliphatic heterocycles. The number of Topliss-reactive ketones (excluding diaryl/α,β-unsaturated/α-hetero) is 1. The maximum Gasteiger partial charge on any atom is 0.410 e. The van der Waals surface area contributed by atoms with Crippen LogP contribution in [0.5, 0.6) is 0 Å². The maximum absolute atomic E-state index is 11.0. The first-order valence-electron chi connectivity index (χ1n) is 4.24. The summed E-state index contributed by atoms with van der Waals surface area (Å²) in [4.78, 5) is 25.9.